The second-order valence-corrected chi connectivity index (χ2v) is 5.94. The van der Waals surface area contributed by atoms with Gasteiger partial charge in [0.2, 0.25) is 5.91 Å². The van der Waals surface area contributed by atoms with E-state index in [1.165, 1.54) is 18.2 Å². The predicted octanol–water partition coefficient (Wildman–Crippen LogP) is 2.09. The monoisotopic (exact) mass is 315 g/mol. The summed E-state index contributed by atoms with van der Waals surface area (Å²) in [5.41, 5.74) is 0. The first-order valence-electron chi connectivity index (χ1n) is 6.89. The number of carbonyl (C=O) groups is 1. The Balaban J connectivity index is 3.06. The molecule has 0 bridgehead atoms. The second kappa shape index (κ2) is 7.87. The lowest BCUT2D eigenvalue weighted by Gasteiger charge is -2.13. The fraction of sp³-hybridized carbons (Fsp3) is 0.500. The van der Waals surface area contributed by atoms with Crippen LogP contribution in [0.1, 0.15) is 33.6 Å². The zero-order valence-corrected chi connectivity index (χ0v) is 13.3. The maximum Gasteiger partial charge on any atom is 0.264 e. The van der Waals surface area contributed by atoms with Crippen LogP contribution in [0, 0.1) is 0 Å². The Bertz CT molecular complexity index is 583. The highest BCUT2D eigenvalue weighted by molar-refractivity contribution is 7.90. The minimum atomic E-state index is -3.89. The van der Waals surface area contributed by atoms with E-state index in [4.69, 9.17) is 9.47 Å². The summed E-state index contributed by atoms with van der Waals surface area (Å²) in [5, 5.41) is 0. The third-order valence-electron chi connectivity index (χ3n) is 2.55. The Labute approximate surface area is 125 Å². The molecule has 0 unspecified atom stereocenters. The predicted molar refractivity (Wildman–Crippen MR) is 79.0 cm³/mol. The number of hydrogen-bond donors (Lipinski definition) is 1. The van der Waals surface area contributed by atoms with E-state index >= 15 is 0 Å². The van der Waals surface area contributed by atoms with Gasteiger partial charge in [-0.05, 0) is 32.4 Å². The molecule has 0 heterocycles. The average molecular weight is 315 g/mol. The van der Waals surface area contributed by atoms with Crippen molar-refractivity contribution in [2.45, 2.75) is 38.5 Å². The van der Waals surface area contributed by atoms with Crippen LogP contribution in [0.25, 0.3) is 0 Å². The van der Waals surface area contributed by atoms with Gasteiger partial charge in [0, 0.05) is 12.5 Å². The van der Waals surface area contributed by atoms with E-state index < -0.39 is 15.9 Å². The van der Waals surface area contributed by atoms with Crippen LogP contribution in [0.2, 0.25) is 0 Å². The lowest BCUT2D eigenvalue weighted by Crippen LogP contribution is -2.30. The molecule has 1 rings (SSSR count). The molecular weight excluding hydrogens is 294 g/mol. The van der Waals surface area contributed by atoms with Gasteiger partial charge in [0.1, 0.15) is 0 Å². The fourth-order valence-corrected chi connectivity index (χ4v) is 2.71. The molecular formula is C14H21NO5S. The van der Waals surface area contributed by atoms with E-state index in [9.17, 15) is 13.2 Å². The largest absolute Gasteiger partial charge is 0.490 e. The number of rotatable bonds is 8. The number of benzene rings is 1. The van der Waals surface area contributed by atoms with Crippen molar-refractivity contribution in [2.24, 2.45) is 0 Å². The molecule has 1 aromatic carbocycles. The molecule has 0 fully saturated rings. The van der Waals surface area contributed by atoms with Crippen LogP contribution < -0.4 is 14.2 Å². The van der Waals surface area contributed by atoms with Crippen molar-refractivity contribution >= 4 is 15.9 Å². The van der Waals surface area contributed by atoms with Crippen molar-refractivity contribution in [1.82, 2.24) is 4.72 Å². The van der Waals surface area contributed by atoms with Crippen LogP contribution in [0.4, 0.5) is 0 Å². The second-order valence-electron chi connectivity index (χ2n) is 4.25. The summed E-state index contributed by atoms with van der Waals surface area (Å²) < 4.78 is 37.0. The number of hydrogen-bond acceptors (Lipinski definition) is 5. The smallest absolute Gasteiger partial charge is 0.264 e. The Morgan fingerprint density at radius 2 is 1.71 bits per heavy atom. The molecule has 1 N–H and O–H groups in total. The third-order valence-corrected chi connectivity index (χ3v) is 3.92. The number of sulfonamides is 1. The Kier molecular flexibility index (Phi) is 6.48. The molecule has 21 heavy (non-hydrogen) atoms. The summed E-state index contributed by atoms with van der Waals surface area (Å²) in [5.74, 6) is 0.285. The highest BCUT2D eigenvalue weighted by Gasteiger charge is 2.19. The Morgan fingerprint density at radius 3 is 2.29 bits per heavy atom. The highest BCUT2D eigenvalue weighted by atomic mass is 32.2. The summed E-state index contributed by atoms with van der Waals surface area (Å²) in [6.07, 6.45) is 0.739. The van der Waals surface area contributed by atoms with Crippen molar-refractivity contribution in [3.8, 4) is 11.5 Å². The molecule has 0 aliphatic rings. The molecule has 7 heteroatoms. The number of amides is 1. The van der Waals surface area contributed by atoms with Gasteiger partial charge in [0.25, 0.3) is 10.0 Å². The molecule has 0 aliphatic carbocycles. The highest BCUT2D eigenvalue weighted by Crippen LogP contribution is 2.30. The summed E-state index contributed by atoms with van der Waals surface area (Å²) in [4.78, 5) is 11.4. The van der Waals surface area contributed by atoms with Gasteiger partial charge in [-0.15, -0.1) is 0 Å². The minimum absolute atomic E-state index is 0.0288. The van der Waals surface area contributed by atoms with Crippen LogP contribution in [-0.2, 0) is 14.8 Å². The van der Waals surface area contributed by atoms with E-state index in [-0.39, 0.29) is 11.3 Å². The van der Waals surface area contributed by atoms with Crippen molar-refractivity contribution in [3.63, 3.8) is 0 Å². The molecule has 0 aliphatic heterocycles. The zero-order chi connectivity index (χ0) is 15.9. The first-order valence-corrected chi connectivity index (χ1v) is 8.38. The van der Waals surface area contributed by atoms with Crippen LogP contribution in [0.15, 0.2) is 23.1 Å². The van der Waals surface area contributed by atoms with Crippen molar-refractivity contribution in [1.29, 1.82) is 0 Å². The molecule has 1 aromatic rings. The van der Waals surface area contributed by atoms with E-state index in [0.29, 0.717) is 31.1 Å². The standard InChI is InChI=1S/C14H21NO5S/c1-4-7-14(16)15-21(17,18)11-8-9-12(19-5-2)13(10-11)20-6-3/h8-10H,4-7H2,1-3H3,(H,15,16). The SMILES string of the molecule is CCCC(=O)NS(=O)(=O)c1ccc(OCC)c(OCC)c1. The molecule has 0 spiro atoms. The number of ether oxygens (including phenoxy) is 2. The summed E-state index contributed by atoms with van der Waals surface area (Å²) in [6, 6.07) is 4.26. The van der Waals surface area contributed by atoms with Crippen LogP contribution in [0.3, 0.4) is 0 Å². The Hall–Kier alpha value is -1.76. The Morgan fingerprint density at radius 1 is 1.10 bits per heavy atom. The quantitative estimate of drug-likeness (QED) is 0.794. The minimum Gasteiger partial charge on any atom is -0.490 e. The van der Waals surface area contributed by atoms with E-state index in [1.54, 1.807) is 13.8 Å². The first-order chi connectivity index (χ1) is 9.94. The van der Waals surface area contributed by atoms with Crippen molar-refractivity contribution in [3.05, 3.63) is 18.2 Å². The summed E-state index contributed by atoms with van der Waals surface area (Å²) in [6.45, 7) is 6.24. The van der Waals surface area contributed by atoms with E-state index in [1.807, 2.05) is 11.6 Å². The van der Waals surface area contributed by atoms with Crippen LogP contribution >= 0.6 is 0 Å². The molecule has 0 atom stereocenters. The van der Waals surface area contributed by atoms with Gasteiger partial charge in [-0.3, -0.25) is 4.79 Å². The molecule has 0 aromatic heterocycles. The van der Waals surface area contributed by atoms with Gasteiger partial charge in [0.05, 0.1) is 18.1 Å². The van der Waals surface area contributed by atoms with Gasteiger partial charge in [0.15, 0.2) is 11.5 Å². The van der Waals surface area contributed by atoms with Crippen molar-refractivity contribution in [2.75, 3.05) is 13.2 Å². The van der Waals surface area contributed by atoms with Gasteiger partial charge >= 0.3 is 0 Å². The van der Waals surface area contributed by atoms with E-state index in [2.05, 4.69) is 0 Å². The lowest BCUT2D eigenvalue weighted by molar-refractivity contribution is -0.119. The zero-order valence-electron chi connectivity index (χ0n) is 12.5. The van der Waals surface area contributed by atoms with Gasteiger partial charge in [-0.1, -0.05) is 6.92 Å². The molecule has 118 valence electrons. The lowest BCUT2D eigenvalue weighted by atomic mass is 10.3. The normalized spacial score (nSPS) is 11.0. The topological polar surface area (TPSA) is 81.7 Å². The molecule has 0 radical (unpaired) electrons. The fourth-order valence-electron chi connectivity index (χ4n) is 1.69. The van der Waals surface area contributed by atoms with Crippen molar-refractivity contribution < 1.29 is 22.7 Å². The molecule has 1 amide bonds. The van der Waals surface area contributed by atoms with Gasteiger partial charge in [-0.2, -0.15) is 0 Å². The van der Waals surface area contributed by atoms with Crippen LogP contribution in [-0.4, -0.2) is 27.5 Å². The third kappa shape index (κ3) is 4.93. The average Bonchev–Trinajstić information content (AvgIpc) is 2.40. The molecule has 0 saturated carbocycles. The van der Waals surface area contributed by atoms with Gasteiger partial charge in [-0.25, -0.2) is 13.1 Å². The maximum atomic E-state index is 12.1. The maximum absolute atomic E-state index is 12.1. The van der Waals surface area contributed by atoms with Gasteiger partial charge < -0.3 is 9.47 Å². The number of carbonyl (C=O) groups excluding carboxylic acids is 1. The van der Waals surface area contributed by atoms with E-state index in [0.717, 1.165) is 0 Å². The number of nitrogens with one attached hydrogen (secondary N) is 1. The summed E-state index contributed by atoms with van der Waals surface area (Å²) in [7, 11) is -3.89. The molecule has 6 nitrogen and oxygen atoms in total. The molecule has 0 saturated heterocycles. The first kappa shape index (κ1) is 17.3. The van der Waals surface area contributed by atoms with Crippen LogP contribution in [0.5, 0.6) is 11.5 Å². The summed E-state index contributed by atoms with van der Waals surface area (Å²) >= 11 is 0.